The van der Waals surface area contributed by atoms with E-state index < -0.39 is 0 Å². The second kappa shape index (κ2) is 11.6. The van der Waals surface area contributed by atoms with E-state index in [9.17, 15) is 5.11 Å². The van der Waals surface area contributed by atoms with E-state index in [-0.39, 0.29) is 11.8 Å². The zero-order chi connectivity index (χ0) is 22.9. The number of morpholine rings is 1. The van der Waals surface area contributed by atoms with Gasteiger partial charge in [0.2, 0.25) is 0 Å². The fourth-order valence-corrected chi connectivity index (χ4v) is 3.34. The molecular weight excluding hydrogens is 412 g/mol. The van der Waals surface area contributed by atoms with E-state index in [0.29, 0.717) is 42.5 Å². The summed E-state index contributed by atoms with van der Waals surface area (Å²) in [5, 5.41) is 14.3. The number of likely N-dealkylation sites (N-methyl/N-ethyl adjacent to an activating group) is 1. The summed E-state index contributed by atoms with van der Waals surface area (Å²) in [5.74, 6) is 6.45. The molecule has 1 saturated heterocycles. The molecule has 0 bridgehead atoms. The van der Waals surface area contributed by atoms with Crippen molar-refractivity contribution in [2.24, 2.45) is 10.9 Å². The Balaban J connectivity index is 1.87. The molecule has 0 amide bonds. The predicted octanol–water partition coefficient (Wildman–Crippen LogP) is 0.995. The molecule has 0 saturated carbocycles. The molecule has 2 heterocycles. The molecule has 2 aromatic rings. The number of aryl methyl sites for hydroxylation is 1. The first-order valence-electron chi connectivity index (χ1n) is 10.6. The summed E-state index contributed by atoms with van der Waals surface area (Å²) in [6, 6.07) is 7.25. The Morgan fingerprint density at radius 3 is 2.75 bits per heavy atom. The minimum Gasteiger partial charge on any atom is -0.507 e. The molecule has 3 rings (SSSR count). The third-order valence-corrected chi connectivity index (χ3v) is 5.24. The van der Waals surface area contributed by atoms with Crippen molar-refractivity contribution >= 4 is 11.5 Å². The fourth-order valence-electron chi connectivity index (χ4n) is 3.34. The Morgan fingerprint density at radius 1 is 1.25 bits per heavy atom. The van der Waals surface area contributed by atoms with Crippen molar-refractivity contribution in [1.29, 1.82) is 0 Å². The third-order valence-electron chi connectivity index (χ3n) is 5.24. The highest BCUT2D eigenvalue weighted by Crippen LogP contribution is 2.24. The summed E-state index contributed by atoms with van der Waals surface area (Å²) in [6.45, 7) is 7.52. The number of benzene rings is 1. The van der Waals surface area contributed by atoms with Crippen LogP contribution in [0.2, 0.25) is 0 Å². The summed E-state index contributed by atoms with van der Waals surface area (Å²) >= 11 is 0. The Kier molecular flexibility index (Phi) is 8.60. The smallest absolute Gasteiger partial charge is 0.319 e. The molecule has 10 heteroatoms. The lowest BCUT2D eigenvalue weighted by molar-refractivity contribution is 0.0317. The van der Waals surface area contributed by atoms with Crippen LogP contribution in [0.3, 0.4) is 0 Å². The minimum atomic E-state index is 0.0717. The number of phenolic OH excluding ortho intramolecular Hbond substituents is 1. The molecular formula is C22H32N6O4. The lowest BCUT2D eigenvalue weighted by Crippen LogP contribution is -2.38. The summed E-state index contributed by atoms with van der Waals surface area (Å²) in [7, 11) is 3.56. The van der Waals surface area contributed by atoms with Gasteiger partial charge in [-0.15, -0.1) is 0 Å². The number of hydrogen-bond acceptors (Lipinski definition) is 10. The number of rotatable bonds is 10. The van der Waals surface area contributed by atoms with Gasteiger partial charge in [-0.1, -0.05) is 11.6 Å². The number of hydrazone groups is 1. The number of ether oxygens (including phenoxy) is 3. The highest BCUT2D eigenvalue weighted by Gasteiger charge is 2.18. The monoisotopic (exact) mass is 444 g/mol. The third kappa shape index (κ3) is 6.28. The van der Waals surface area contributed by atoms with Gasteiger partial charge in [-0.2, -0.15) is 15.1 Å². The van der Waals surface area contributed by atoms with Crippen molar-refractivity contribution in [2.45, 2.75) is 6.92 Å². The van der Waals surface area contributed by atoms with E-state index >= 15 is 0 Å². The lowest BCUT2D eigenvalue weighted by Gasteiger charge is -2.26. The summed E-state index contributed by atoms with van der Waals surface area (Å²) in [6.07, 6.45) is 0. The zero-order valence-electron chi connectivity index (χ0n) is 19.0. The summed E-state index contributed by atoms with van der Waals surface area (Å²) in [5.41, 5.74) is 2.28. The van der Waals surface area contributed by atoms with Crippen LogP contribution in [0.25, 0.3) is 0 Å². The maximum Gasteiger partial charge on any atom is 0.319 e. The van der Waals surface area contributed by atoms with Gasteiger partial charge in [-0.05, 0) is 19.1 Å². The number of anilines is 1. The predicted molar refractivity (Wildman–Crippen MR) is 123 cm³/mol. The zero-order valence-corrected chi connectivity index (χ0v) is 19.0. The molecule has 0 radical (unpaired) electrons. The first-order chi connectivity index (χ1) is 15.5. The van der Waals surface area contributed by atoms with Gasteiger partial charge in [-0.3, -0.25) is 4.90 Å². The number of hydrogen-bond donors (Lipinski definition) is 2. The lowest BCUT2D eigenvalue weighted by atomic mass is 10.0. The maximum absolute atomic E-state index is 10.4. The van der Waals surface area contributed by atoms with Gasteiger partial charge in [0.05, 0.1) is 19.8 Å². The van der Waals surface area contributed by atoms with E-state index in [1.807, 2.05) is 31.0 Å². The molecule has 174 valence electrons. The number of nitrogens with zero attached hydrogens (tertiary/aromatic N) is 5. The summed E-state index contributed by atoms with van der Waals surface area (Å²) in [4.78, 5) is 13.3. The van der Waals surface area contributed by atoms with E-state index in [2.05, 4.69) is 20.0 Å². The molecule has 0 unspecified atom stereocenters. The van der Waals surface area contributed by atoms with Crippen LogP contribution in [0.5, 0.6) is 11.8 Å². The molecule has 0 atom stereocenters. The quantitative estimate of drug-likeness (QED) is 0.314. The molecule has 3 N–H and O–H groups in total. The van der Waals surface area contributed by atoms with Crippen LogP contribution in [0.4, 0.5) is 5.82 Å². The Morgan fingerprint density at radius 2 is 2.03 bits per heavy atom. The first kappa shape index (κ1) is 23.7. The number of methoxy groups -OCH3 is 1. The van der Waals surface area contributed by atoms with Gasteiger partial charge in [-0.25, -0.2) is 0 Å². The molecule has 1 aromatic carbocycles. The van der Waals surface area contributed by atoms with Crippen molar-refractivity contribution < 1.29 is 19.3 Å². The molecule has 1 aromatic heterocycles. The Hall–Kier alpha value is -2.95. The minimum absolute atomic E-state index is 0.0717. The van der Waals surface area contributed by atoms with Crippen molar-refractivity contribution in [2.75, 3.05) is 71.7 Å². The van der Waals surface area contributed by atoms with E-state index in [4.69, 9.17) is 20.1 Å². The second-order valence-corrected chi connectivity index (χ2v) is 7.61. The van der Waals surface area contributed by atoms with Crippen LogP contribution in [0.15, 0.2) is 29.4 Å². The number of aromatic nitrogens is 2. The molecule has 0 spiro atoms. The van der Waals surface area contributed by atoms with Crippen LogP contribution in [0.1, 0.15) is 16.8 Å². The normalized spacial score (nSPS) is 15.0. The molecule has 1 fully saturated rings. The number of aromatic hydroxyl groups is 1. The largest absolute Gasteiger partial charge is 0.507 e. The Labute approximate surface area is 188 Å². The number of nitrogens with two attached hydrogens (primary N) is 1. The highest BCUT2D eigenvalue weighted by atomic mass is 16.5. The van der Waals surface area contributed by atoms with Crippen molar-refractivity contribution in [1.82, 2.24) is 14.9 Å². The first-order valence-corrected chi connectivity index (χ1v) is 10.6. The van der Waals surface area contributed by atoms with E-state index in [0.717, 1.165) is 38.4 Å². The molecule has 32 heavy (non-hydrogen) atoms. The van der Waals surface area contributed by atoms with Gasteiger partial charge in [0, 0.05) is 52.0 Å². The van der Waals surface area contributed by atoms with Gasteiger partial charge in [0.25, 0.3) is 0 Å². The SMILES string of the molecule is COCCN(C)c1cc(C(=NN)c2cc(C)ccc2O)nc(OCCN2CCOCC2)n1. The van der Waals surface area contributed by atoms with Gasteiger partial charge >= 0.3 is 6.01 Å². The molecule has 1 aliphatic heterocycles. The average molecular weight is 445 g/mol. The topological polar surface area (TPSA) is 119 Å². The van der Waals surface area contributed by atoms with Gasteiger partial charge in [0.15, 0.2) is 0 Å². The highest BCUT2D eigenvalue weighted by molar-refractivity contribution is 6.13. The van der Waals surface area contributed by atoms with Crippen LogP contribution >= 0.6 is 0 Å². The van der Waals surface area contributed by atoms with Crippen LogP contribution in [-0.4, -0.2) is 92.5 Å². The van der Waals surface area contributed by atoms with Gasteiger partial charge in [0.1, 0.15) is 29.6 Å². The molecule has 10 nitrogen and oxygen atoms in total. The van der Waals surface area contributed by atoms with E-state index in [1.165, 1.54) is 0 Å². The Bertz CT molecular complexity index is 917. The summed E-state index contributed by atoms with van der Waals surface area (Å²) < 4.78 is 16.5. The number of phenols is 1. The van der Waals surface area contributed by atoms with Crippen molar-refractivity contribution in [3.8, 4) is 11.8 Å². The van der Waals surface area contributed by atoms with Crippen molar-refractivity contribution in [3.05, 3.63) is 41.1 Å². The van der Waals surface area contributed by atoms with Crippen molar-refractivity contribution in [3.63, 3.8) is 0 Å². The van der Waals surface area contributed by atoms with Crippen LogP contribution in [0, 0.1) is 6.92 Å². The average Bonchev–Trinajstić information content (AvgIpc) is 2.81. The van der Waals surface area contributed by atoms with Gasteiger partial charge < -0.3 is 30.1 Å². The molecule has 0 aliphatic carbocycles. The second-order valence-electron chi connectivity index (χ2n) is 7.61. The van der Waals surface area contributed by atoms with Crippen LogP contribution < -0.4 is 15.5 Å². The van der Waals surface area contributed by atoms with E-state index in [1.54, 1.807) is 19.2 Å². The standard InChI is InChI=1S/C22H32N6O4/c1-16-4-5-19(29)17(14-16)21(26-23)18-15-20(27(2)6-10-30-3)25-22(24-18)32-13-9-28-7-11-31-12-8-28/h4-5,14-15,29H,6-13,23H2,1-3H3. The fraction of sp³-hybridized carbons (Fsp3) is 0.500. The maximum atomic E-state index is 10.4. The van der Waals surface area contributed by atoms with Crippen LogP contribution in [-0.2, 0) is 9.47 Å². The molecule has 1 aliphatic rings.